The van der Waals surface area contributed by atoms with Crippen LogP contribution < -0.4 is 10.5 Å². The van der Waals surface area contributed by atoms with Gasteiger partial charge in [-0.2, -0.15) is 0 Å². The van der Waals surface area contributed by atoms with E-state index in [0.29, 0.717) is 11.8 Å². The molecule has 0 saturated heterocycles. The van der Waals surface area contributed by atoms with Gasteiger partial charge in [-0.3, -0.25) is 0 Å². The summed E-state index contributed by atoms with van der Waals surface area (Å²) in [5.74, 6) is 2.19. The number of hydrogen-bond donors (Lipinski definition) is 1. The van der Waals surface area contributed by atoms with E-state index in [-0.39, 0.29) is 6.04 Å². The summed E-state index contributed by atoms with van der Waals surface area (Å²) in [6, 6.07) is 8.10. The van der Waals surface area contributed by atoms with Crippen molar-refractivity contribution in [3.63, 3.8) is 0 Å². The second-order valence-electron chi connectivity index (χ2n) is 6.39. The lowest BCUT2D eigenvalue weighted by Crippen LogP contribution is -2.37. The Morgan fingerprint density at radius 2 is 1.65 bits per heavy atom. The smallest absolute Gasteiger partial charge is 0.119 e. The van der Waals surface area contributed by atoms with E-state index in [1.54, 1.807) is 7.11 Å². The van der Waals surface area contributed by atoms with E-state index in [4.69, 9.17) is 10.5 Å². The van der Waals surface area contributed by atoms with E-state index in [2.05, 4.69) is 38.7 Å². The SMILES string of the molecule is COc1cccc(C(N)CN(CC(C)C)CC(C)C)c1. The predicted octanol–water partition coefficient (Wildman–Crippen LogP) is 3.31. The van der Waals surface area contributed by atoms with Gasteiger partial charge in [0.25, 0.3) is 0 Å². The normalized spacial score (nSPS) is 13.2. The summed E-state index contributed by atoms with van der Waals surface area (Å²) in [5, 5.41) is 0. The molecule has 1 aromatic carbocycles. The topological polar surface area (TPSA) is 38.5 Å². The Bertz CT molecular complexity index is 380. The molecule has 114 valence electrons. The van der Waals surface area contributed by atoms with Crippen LogP contribution in [0.1, 0.15) is 39.3 Å². The van der Waals surface area contributed by atoms with Gasteiger partial charge in [-0.15, -0.1) is 0 Å². The van der Waals surface area contributed by atoms with Gasteiger partial charge in [-0.1, -0.05) is 39.8 Å². The molecule has 0 aliphatic heterocycles. The van der Waals surface area contributed by atoms with Gasteiger partial charge in [-0.05, 0) is 29.5 Å². The third-order valence-electron chi connectivity index (χ3n) is 3.22. The summed E-state index contributed by atoms with van der Waals surface area (Å²) >= 11 is 0. The Morgan fingerprint density at radius 3 is 2.15 bits per heavy atom. The standard InChI is InChI=1S/C17H30N2O/c1-13(2)10-19(11-14(3)4)12-17(18)15-7-6-8-16(9-15)20-5/h6-9,13-14,17H,10-12,18H2,1-5H3. The monoisotopic (exact) mass is 278 g/mol. The van der Waals surface area contributed by atoms with Gasteiger partial charge in [0.05, 0.1) is 7.11 Å². The minimum absolute atomic E-state index is 0.0302. The minimum Gasteiger partial charge on any atom is -0.497 e. The van der Waals surface area contributed by atoms with Crippen molar-refractivity contribution in [1.82, 2.24) is 4.90 Å². The van der Waals surface area contributed by atoms with Gasteiger partial charge in [0.15, 0.2) is 0 Å². The average molecular weight is 278 g/mol. The summed E-state index contributed by atoms with van der Waals surface area (Å²) in [7, 11) is 1.69. The molecule has 0 saturated carbocycles. The van der Waals surface area contributed by atoms with E-state index in [1.165, 1.54) is 0 Å². The Kier molecular flexibility index (Phi) is 7.03. The summed E-state index contributed by atoms with van der Waals surface area (Å²) in [6.45, 7) is 12.1. The third kappa shape index (κ3) is 5.93. The van der Waals surface area contributed by atoms with Crippen molar-refractivity contribution in [2.75, 3.05) is 26.7 Å². The van der Waals surface area contributed by atoms with E-state index in [0.717, 1.165) is 30.9 Å². The lowest BCUT2D eigenvalue weighted by atomic mass is 10.0. The van der Waals surface area contributed by atoms with Gasteiger partial charge >= 0.3 is 0 Å². The van der Waals surface area contributed by atoms with Crippen molar-refractivity contribution in [1.29, 1.82) is 0 Å². The molecule has 0 aliphatic rings. The van der Waals surface area contributed by atoms with Gasteiger partial charge in [0.2, 0.25) is 0 Å². The van der Waals surface area contributed by atoms with Crippen LogP contribution in [0.5, 0.6) is 5.75 Å². The number of hydrogen-bond acceptors (Lipinski definition) is 3. The molecule has 0 aromatic heterocycles. The van der Waals surface area contributed by atoms with Crippen LogP contribution in [-0.4, -0.2) is 31.6 Å². The first-order valence-electron chi connectivity index (χ1n) is 7.54. The van der Waals surface area contributed by atoms with Crippen LogP contribution in [-0.2, 0) is 0 Å². The minimum atomic E-state index is 0.0302. The van der Waals surface area contributed by atoms with E-state index in [1.807, 2.05) is 18.2 Å². The molecule has 0 spiro atoms. The van der Waals surface area contributed by atoms with Gasteiger partial charge in [-0.25, -0.2) is 0 Å². The molecule has 0 fully saturated rings. The van der Waals surface area contributed by atoms with Crippen molar-refractivity contribution < 1.29 is 4.74 Å². The molecule has 3 nitrogen and oxygen atoms in total. The Morgan fingerprint density at radius 1 is 1.05 bits per heavy atom. The highest BCUT2D eigenvalue weighted by Gasteiger charge is 2.15. The molecule has 1 unspecified atom stereocenters. The molecule has 1 aromatic rings. The fraction of sp³-hybridized carbons (Fsp3) is 0.647. The maximum atomic E-state index is 6.37. The van der Waals surface area contributed by atoms with Crippen LogP contribution in [0.4, 0.5) is 0 Å². The van der Waals surface area contributed by atoms with Gasteiger partial charge in [0, 0.05) is 25.7 Å². The zero-order valence-corrected chi connectivity index (χ0v) is 13.6. The quantitative estimate of drug-likeness (QED) is 0.793. The third-order valence-corrected chi connectivity index (χ3v) is 3.22. The molecule has 0 aliphatic carbocycles. The molecule has 2 N–H and O–H groups in total. The number of nitrogens with two attached hydrogens (primary N) is 1. The van der Waals surface area contributed by atoms with Crippen LogP contribution in [0.2, 0.25) is 0 Å². The Balaban J connectivity index is 2.70. The number of ether oxygens (including phenoxy) is 1. The maximum Gasteiger partial charge on any atom is 0.119 e. The molecule has 0 bridgehead atoms. The van der Waals surface area contributed by atoms with Crippen LogP contribution in [0.15, 0.2) is 24.3 Å². The Hall–Kier alpha value is -1.06. The first kappa shape index (κ1) is 17.0. The number of benzene rings is 1. The fourth-order valence-corrected chi connectivity index (χ4v) is 2.51. The first-order valence-corrected chi connectivity index (χ1v) is 7.54. The number of rotatable bonds is 8. The molecule has 3 heteroatoms. The van der Waals surface area contributed by atoms with Crippen molar-refractivity contribution in [2.45, 2.75) is 33.7 Å². The van der Waals surface area contributed by atoms with Crippen molar-refractivity contribution in [2.24, 2.45) is 17.6 Å². The molecule has 1 atom stereocenters. The first-order chi connectivity index (χ1) is 9.42. The molecule has 0 radical (unpaired) electrons. The van der Waals surface area contributed by atoms with E-state index >= 15 is 0 Å². The van der Waals surface area contributed by atoms with Crippen molar-refractivity contribution in [3.05, 3.63) is 29.8 Å². The lowest BCUT2D eigenvalue weighted by Gasteiger charge is -2.29. The van der Waals surface area contributed by atoms with Crippen LogP contribution in [0.3, 0.4) is 0 Å². The molecule has 0 heterocycles. The summed E-state index contributed by atoms with van der Waals surface area (Å²) in [6.07, 6.45) is 0. The number of methoxy groups -OCH3 is 1. The summed E-state index contributed by atoms with van der Waals surface area (Å²) in [4.78, 5) is 2.47. The van der Waals surface area contributed by atoms with E-state index in [9.17, 15) is 0 Å². The highest BCUT2D eigenvalue weighted by Crippen LogP contribution is 2.19. The average Bonchev–Trinajstić information content (AvgIpc) is 2.37. The van der Waals surface area contributed by atoms with Crippen LogP contribution in [0.25, 0.3) is 0 Å². The maximum absolute atomic E-state index is 6.37. The molecular formula is C17H30N2O. The fourth-order valence-electron chi connectivity index (χ4n) is 2.51. The molecular weight excluding hydrogens is 248 g/mol. The number of nitrogens with zero attached hydrogens (tertiary/aromatic N) is 1. The van der Waals surface area contributed by atoms with Gasteiger partial charge in [0.1, 0.15) is 5.75 Å². The second-order valence-corrected chi connectivity index (χ2v) is 6.39. The van der Waals surface area contributed by atoms with Gasteiger partial charge < -0.3 is 15.4 Å². The van der Waals surface area contributed by atoms with Crippen molar-refractivity contribution in [3.8, 4) is 5.75 Å². The summed E-state index contributed by atoms with van der Waals surface area (Å²) in [5.41, 5.74) is 7.51. The molecule has 20 heavy (non-hydrogen) atoms. The second kappa shape index (κ2) is 8.28. The largest absolute Gasteiger partial charge is 0.497 e. The highest BCUT2D eigenvalue weighted by molar-refractivity contribution is 5.30. The summed E-state index contributed by atoms with van der Waals surface area (Å²) < 4.78 is 5.27. The zero-order valence-electron chi connectivity index (χ0n) is 13.6. The predicted molar refractivity (Wildman–Crippen MR) is 86.0 cm³/mol. The van der Waals surface area contributed by atoms with Crippen LogP contribution >= 0.6 is 0 Å². The zero-order chi connectivity index (χ0) is 15.1. The highest BCUT2D eigenvalue weighted by atomic mass is 16.5. The Labute approximate surface area is 124 Å². The van der Waals surface area contributed by atoms with Crippen molar-refractivity contribution >= 4 is 0 Å². The lowest BCUT2D eigenvalue weighted by molar-refractivity contribution is 0.207. The molecule has 0 amide bonds. The molecule has 1 rings (SSSR count). The van der Waals surface area contributed by atoms with Crippen LogP contribution in [0, 0.1) is 11.8 Å². The van der Waals surface area contributed by atoms with E-state index < -0.39 is 0 Å².